The van der Waals surface area contributed by atoms with Crippen LogP contribution in [0.15, 0.2) is 158 Å². The van der Waals surface area contributed by atoms with Gasteiger partial charge in [-0.1, -0.05) is 127 Å². The zero-order chi connectivity index (χ0) is 31.6. The molecule has 4 aromatic heterocycles. The summed E-state index contributed by atoms with van der Waals surface area (Å²) < 4.78 is 3.62. The van der Waals surface area contributed by atoms with E-state index in [9.17, 15) is 0 Å². The number of thiophene rings is 1. The molecule has 0 aliphatic heterocycles. The Kier molecular flexibility index (Phi) is 6.01. The summed E-state index contributed by atoms with van der Waals surface area (Å²) >= 11 is 1.76. The number of hydrogen-bond acceptors (Lipinski definition) is 4. The maximum atomic E-state index is 5.46. The van der Waals surface area contributed by atoms with Crippen LogP contribution in [0.1, 0.15) is 0 Å². The minimum absolute atomic E-state index is 0.704. The number of fused-ring (bicyclic) bond motifs is 8. The molecule has 0 amide bonds. The van der Waals surface area contributed by atoms with Gasteiger partial charge in [0.1, 0.15) is 4.83 Å². The second-order valence-electron chi connectivity index (χ2n) is 12.0. The quantitative estimate of drug-likeness (QED) is 0.194. The van der Waals surface area contributed by atoms with Gasteiger partial charge in [0.05, 0.1) is 27.9 Å². The number of benzene rings is 6. The van der Waals surface area contributed by atoms with Crippen molar-refractivity contribution in [1.82, 2.24) is 19.5 Å². The highest BCUT2D eigenvalue weighted by Crippen LogP contribution is 2.46. The third-order valence-corrected chi connectivity index (χ3v) is 10.3. The first-order valence-electron chi connectivity index (χ1n) is 16.0. The molecule has 0 bridgehead atoms. The number of para-hydroxylation sites is 3. The van der Waals surface area contributed by atoms with Crippen molar-refractivity contribution in [3.05, 3.63) is 158 Å². The van der Waals surface area contributed by atoms with Crippen molar-refractivity contribution in [2.24, 2.45) is 0 Å². The first-order valence-corrected chi connectivity index (χ1v) is 16.9. The SMILES string of the molecule is c1ccc(-c2nc(-c3ccc(-c4nc5sc6ccccc6c5c5c6ccccc6n(-c6ccccc6)c45)cc3)nc3ccccc23)cc1. The second-order valence-corrected chi connectivity index (χ2v) is 13.0. The summed E-state index contributed by atoms with van der Waals surface area (Å²) in [5.74, 6) is 0.704. The van der Waals surface area contributed by atoms with E-state index >= 15 is 0 Å². The summed E-state index contributed by atoms with van der Waals surface area (Å²) in [7, 11) is 0. The van der Waals surface area contributed by atoms with E-state index in [4.69, 9.17) is 15.0 Å². The van der Waals surface area contributed by atoms with Crippen LogP contribution in [0, 0.1) is 0 Å². The molecule has 224 valence electrons. The largest absolute Gasteiger partial charge is 0.307 e. The van der Waals surface area contributed by atoms with Crippen LogP contribution in [-0.2, 0) is 0 Å². The Morgan fingerprint density at radius 1 is 0.438 bits per heavy atom. The molecule has 0 fully saturated rings. The van der Waals surface area contributed by atoms with Gasteiger partial charge in [0.2, 0.25) is 0 Å². The van der Waals surface area contributed by atoms with Gasteiger partial charge in [0, 0.05) is 54.0 Å². The van der Waals surface area contributed by atoms with E-state index in [0.717, 1.165) is 55.0 Å². The van der Waals surface area contributed by atoms with Crippen molar-refractivity contribution < 1.29 is 0 Å². The minimum atomic E-state index is 0.704. The number of rotatable bonds is 4. The van der Waals surface area contributed by atoms with Crippen LogP contribution in [-0.4, -0.2) is 19.5 Å². The number of nitrogens with zero attached hydrogens (tertiary/aromatic N) is 4. The van der Waals surface area contributed by atoms with Crippen LogP contribution in [0.25, 0.3) is 92.6 Å². The minimum Gasteiger partial charge on any atom is -0.307 e. The molecule has 4 heterocycles. The Bertz CT molecular complexity index is 2820. The molecule has 0 aliphatic carbocycles. The second kappa shape index (κ2) is 10.7. The summed E-state index contributed by atoms with van der Waals surface area (Å²) in [6, 6.07) is 55.2. The molecule has 0 saturated carbocycles. The fourth-order valence-electron chi connectivity index (χ4n) is 7.07. The Hall–Kier alpha value is -6.17. The lowest BCUT2D eigenvalue weighted by Gasteiger charge is -2.12. The fraction of sp³-hybridized carbons (Fsp3) is 0. The molecule has 0 atom stereocenters. The van der Waals surface area contributed by atoms with Gasteiger partial charge >= 0.3 is 0 Å². The maximum absolute atomic E-state index is 5.46. The molecule has 48 heavy (non-hydrogen) atoms. The molecule has 0 N–H and O–H groups in total. The predicted molar refractivity (Wildman–Crippen MR) is 201 cm³/mol. The van der Waals surface area contributed by atoms with Crippen molar-refractivity contribution in [1.29, 1.82) is 0 Å². The monoisotopic (exact) mass is 630 g/mol. The van der Waals surface area contributed by atoms with Gasteiger partial charge in [0.15, 0.2) is 5.82 Å². The zero-order valence-corrected chi connectivity index (χ0v) is 26.5. The summed E-state index contributed by atoms with van der Waals surface area (Å²) in [5.41, 5.74) is 9.30. The number of hydrogen-bond donors (Lipinski definition) is 0. The average molecular weight is 631 g/mol. The smallest absolute Gasteiger partial charge is 0.160 e. The first kappa shape index (κ1) is 27.0. The Balaban J connectivity index is 1.23. The molecule has 0 radical (unpaired) electrons. The molecule has 0 aliphatic rings. The van der Waals surface area contributed by atoms with E-state index in [0.29, 0.717) is 5.82 Å². The summed E-state index contributed by atoms with van der Waals surface area (Å²) in [6.07, 6.45) is 0. The molecule has 0 unspecified atom stereocenters. The molecule has 10 rings (SSSR count). The topological polar surface area (TPSA) is 43.6 Å². The van der Waals surface area contributed by atoms with Crippen LogP contribution in [0.5, 0.6) is 0 Å². The molecule has 5 heteroatoms. The van der Waals surface area contributed by atoms with Gasteiger partial charge in [-0.05, 0) is 30.3 Å². The van der Waals surface area contributed by atoms with E-state index in [1.54, 1.807) is 11.3 Å². The standard InChI is InChI=1S/C43H26N4S/c1-3-13-27(14-4-1)39-31-17-7-10-20-34(31)44-42(45-39)29-25-23-28(24-26-29)40-41-37(38-33-19-9-12-22-36(33)48-43(38)46-40)32-18-8-11-21-35(32)47(41)30-15-5-2-6-16-30/h1-26H. The van der Waals surface area contributed by atoms with Gasteiger partial charge < -0.3 is 4.57 Å². The van der Waals surface area contributed by atoms with Crippen molar-refractivity contribution in [2.45, 2.75) is 0 Å². The highest BCUT2D eigenvalue weighted by molar-refractivity contribution is 7.25. The number of aromatic nitrogens is 4. The molecule has 10 aromatic rings. The van der Waals surface area contributed by atoms with Gasteiger partial charge in [-0.15, -0.1) is 11.3 Å². The molecule has 0 saturated heterocycles. The van der Waals surface area contributed by atoms with Crippen LogP contribution < -0.4 is 0 Å². The Morgan fingerprint density at radius 2 is 1.06 bits per heavy atom. The van der Waals surface area contributed by atoms with Crippen molar-refractivity contribution in [3.8, 4) is 39.6 Å². The van der Waals surface area contributed by atoms with E-state index in [2.05, 4.69) is 144 Å². The van der Waals surface area contributed by atoms with Gasteiger partial charge in [0.25, 0.3) is 0 Å². The van der Waals surface area contributed by atoms with E-state index in [1.165, 1.54) is 31.8 Å². The van der Waals surface area contributed by atoms with Crippen LogP contribution in [0.4, 0.5) is 0 Å². The third kappa shape index (κ3) is 4.11. The van der Waals surface area contributed by atoms with Gasteiger partial charge in [-0.3, -0.25) is 0 Å². The molecule has 6 aromatic carbocycles. The van der Waals surface area contributed by atoms with Crippen LogP contribution in [0.3, 0.4) is 0 Å². The summed E-state index contributed by atoms with van der Waals surface area (Å²) in [5, 5.41) is 5.97. The molecular weight excluding hydrogens is 605 g/mol. The first-order chi connectivity index (χ1) is 23.8. The Morgan fingerprint density at radius 3 is 1.88 bits per heavy atom. The van der Waals surface area contributed by atoms with Gasteiger partial charge in [-0.2, -0.15) is 0 Å². The molecular formula is C43H26N4S. The highest BCUT2D eigenvalue weighted by Gasteiger charge is 2.23. The van der Waals surface area contributed by atoms with Crippen molar-refractivity contribution in [2.75, 3.05) is 0 Å². The van der Waals surface area contributed by atoms with Crippen molar-refractivity contribution in [3.63, 3.8) is 0 Å². The number of pyridine rings is 1. The highest BCUT2D eigenvalue weighted by atomic mass is 32.1. The van der Waals surface area contributed by atoms with E-state index in [-0.39, 0.29) is 0 Å². The lowest BCUT2D eigenvalue weighted by molar-refractivity contribution is 1.17. The zero-order valence-electron chi connectivity index (χ0n) is 25.7. The van der Waals surface area contributed by atoms with Crippen LogP contribution in [0.2, 0.25) is 0 Å². The van der Waals surface area contributed by atoms with E-state index < -0.39 is 0 Å². The molecule has 0 spiro atoms. The maximum Gasteiger partial charge on any atom is 0.160 e. The van der Waals surface area contributed by atoms with Crippen molar-refractivity contribution >= 4 is 64.3 Å². The third-order valence-electron chi connectivity index (χ3n) is 9.22. The molecule has 4 nitrogen and oxygen atoms in total. The van der Waals surface area contributed by atoms with Crippen LogP contribution >= 0.6 is 11.3 Å². The normalized spacial score (nSPS) is 11.8. The van der Waals surface area contributed by atoms with E-state index in [1.807, 2.05) is 18.2 Å². The Labute approximate surface area is 280 Å². The summed E-state index contributed by atoms with van der Waals surface area (Å²) in [4.78, 5) is 16.6. The fourth-order valence-corrected chi connectivity index (χ4v) is 8.16. The lowest BCUT2D eigenvalue weighted by atomic mass is 10.0. The predicted octanol–water partition coefficient (Wildman–Crippen LogP) is 11.5. The lowest BCUT2D eigenvalue weighted by Crippen LogP contribution is -1.97. The average Bonchev–Trinajstić information content (AvgIpc) is 3.70. The summed E-state index contributed by atoms with van der Waals surface area (Å²) in [6.45, 7) is 0. The van der Waals surface area contributed by atoms with Gasteiger partial charge in [-0.25, -0.2) is 15.0 Å².